The fourth-order valence-corrected chi connectivity index (χ4v) is 4.84. The Hall–Kier alpha value is -4.79. The summed E-state index contributed by atoms with van der Waals surface area (Å²) in [6.45, 7) is 9.14. The summed E-state index contributed by atoms with van der Waals surface area (Å²) >= 11 is 0. The fourth-order valence-electron chi connectivity index (χ4n) is 4.84. The number of halogens is 1. The van der Waals surface area contributed by atoms with Gasteiger partial charge in [-0.1, -0.05) is 36.4 Å². The molecule has 0 radical (unpaired) electrons. The summed E-state index contributed by atoms with van der Waals surface area (Å²) in [5.74, 6) is -0.179. The monoisotopic (exact) mass is 537 g/mol. The van der Waals surface area contributed by atoms with Crippen LogP contribution in [0.15, 0.2) is 90.7 Å². The van der Waals surface area contributed by atoms with Crippen LogP contribution in [0.5, 0.6) is 0 Å². The Bertz CT molecular complexity index is 1500. The molecule has 1 fully saturated rings. The molecule has 1 N–H and O–H groups in total. The summed E-state index contributed by atoms with van der Waals surface area (Å²) in [5, 5.41) is 3.04. The Morgan fingerprint density at radius 2 is 1.68 bits per heavy atom. The Labute approximate surface area is 233 Å². The standard InChI is InChI=1S/C31H32FN7O/c1-4-14-33-28(29-27(19-22(2)37(29)3)23-8-6-5-7-9-23)30(40)36-25-10-12-26(13-11-25)38-15-17-39(18-16-38)31-34-20-24(32)21-35-31/h4-13,19-21H,1,14-18H2,2-3H3,(H,36,40). The maximum atomic E-state index is 13.6. The van der Waals surface area contributed by atoms with E-state index >= 15 is 0 Å². The number of amides is 1. The van der Waals surface area contributed by atoms with Gasteiger partial charge in [0.25, 0.3) is 5.91 Å². The molecular weight excluding hydrogens is 505 g/mol. The number of hydrogen-bond acceptors (Lipinski definition) is 6. The predicted octanol–water partition coefficient (Wildman–Crippen LogP) is 4.87. The molecule has 9 heteroatoms. The largest absolute Gasteiger partial charge is 0.368 e. The number of carbonyl (C=O) groups is 1. The van der Waals surface area contributed by atoms with Gasteiger partial charge in [0.1, 0.15) is 5.71 Å². The lowest BCUT2D eigenvalue weighted by molar-refractivity contribution is -0.110. The van der Waals surface area contributed by atoms with E-state index in [4.69, 9.17) is 0 Å². The van der Waals surface area contributed by atoms with Gasteiger partial charge in [0, 0.05) is 55.9 Å². The van der Waals surface area contributed by atoms with Crippen LogP contribution in [-0.2, 0) is 11.8 Å². The predicted molar refractivity (Wildman–Crippen MR) is 159 cm³/mol. The van der Waals surface area contributed by atoms with E-state index in [9.17, 15) is 9.18 Å². The van der Waals surface area contributed by atoms with Crippen LogP contribution in [0.1, 0.15) is 11.4 Å². The number of hydrogen-bond donors (Lipinski definition) is 1. The molecule has 2 aromatic heterocycles. The molecule has 1 saturated heterocycles. The quantitative estimate of drug-likeness (QED) is 0.256. The molecule has 3 heterocycles. The van der Waals surface area contributed by atoms with Crippen molar-refractivity contribution in [1.82, 2.24) is 14.5 Å². The zero-order chi connectivity index (χ0) is 28.1. The van der Waals surface area contributed by atoms with E-state index < -0.39 is 5.82 Å². The second kappa shape index (κ2) is 11.9. The summed E-state index contributed by atoms with van der Waals surface area (Å²) in [7, 11) is 1.95. The van der Waals surface area contributed by atoms with Crippen molar-refractivity contribution in [2.75, 3.05) is 47.8 Å². The molecule has 0 spiro atoms. The van der Waals surface area contributed by atoms with Gasteiger partial charge in [0.2, 0.25) is 5.95 Å². The number of aryl methyl sites for hydroxylation is 1. The van der Waals surface area contributed by atoms with Gasteiger partial charge in [-0.2, -0.15) is 0 Å². The topological polar surface area (TPSA) is 78.7 Å². The third-order valence-corrected chi connectivity index (χ3v) is 7.04. The maximum absolute atomic E-state index is 13.6. The molecule has 0 aliphatic carbocycles. The van der Waals surface area contributed by atoms with Crippen LogP contribution in [0.25, 0.3) is 11.1 Å². The minimum Gasteiger partial charge on any atom is -0.368 e. The summed E-state index contributed by atoms with van der Waals surface area (Å²) in [4.78, 5) is 30.7. The molecule has 0 saturated carbocycles. The van der Waals surface area contributed by atoms with Crippen LogP contribution >= 0.6 is 0 Å². The molecule has 204 valence electrons. The Balaban J connectivity index is 1.30. The minimum absolute atomic E-state index is 0.277. The second-order valence-electron chi connectivity index (χ2n) is 9.63. The lowest BCUT2D eigenvalue weighted by atomic mass is 10.0. The first kappa shape index (κ1) is 26.8. The van der Waals surface area contributed by atoms with Gasteiger partial charge in [0.05, 0.1) is 24.6 Å². The molecule has 8 nitrogen and oxygen atoms in total. The van der Waals surface area contributed by atoms with Crippen molar-refractivity contribution in [2.45, 2.75) is 6.92 Å². The first-order valence-electron chi connectivity index (χ1n) is 13.2. The molecule has 1 amide bonds. The number of benzene rings is 2. The van der Waals surface area contributed by atoms with Gasteiger partial charge in [-0.25, -0.2) is 14.4 Å². The van der Waals surface area contributed by atoms with Gasteiger partial charge < -0.3 is 19.7 Å². The highest BCUT2D eigenvalue weighted by atomic mass is 19.1. The van der Waals surface area contributed by atoms with E-state index in [0.29, 0.717) is 23.9 Å². The van der Waals surface area contributed by atoms with E-state index in [1.54, 1.807) is 6.08 Å². The van der Waals surface area contributed by atoms with E-state index in [1.165, 1.54) is 12.4 Å². The highest BCUT2D eigenvalue weighted by Crippen LogP contribution is 2.28. The minimum atomic E-state index is -0.441. The van der Waals surface area contributed by atoms with E-state index in [1.807, 2.05) is 78.0 Å². The molecule has 2 aromatic carbocycles. The van der Waals surface area contributed by atoms with Crippen molar-refractivity contribution in [1.29, 1.82) is 0 Å². The number of anilines is 3. The fraction of sp³-hybridized carbons (Fsp3) is 0.226. The maximum Gasteiger partial charge on any atom is 0.276 e. The molecule has 5 rings (SSSR count). The zero-order valence-corrected chi connectivity index (χ0v) is 22.7. The second-order valence-corrected chi connectivity index (χ2v) is 9.63. The van der Waals surface area contributed by atoms with Gasteiger partial charge in [-0.15, -0.1) is 6.58 Å². The Morgan fingerprint density at radius 1 is 1.02 bits per heavy atom. The van der Waals surface area contributed by atoms with E-state index in [2.05, 4.69) is 37.8 Å². The summed E-state index contributed by atoms with van der Waals surface area (Å²) < 4.78 is 15.2. The number of aliphatic imine (C=N–C) groups is 1. The molecule has 4 aromatic rings. The van der Waals surface area contributed by atoms with Crippen LogP contribution < -0.4 is 15.1 Å². The number of piperazine rings is 1. The molecule has 0 atom stereocenters. The summed E-state index contributed by atoms with van der Waals surface area (Å²) in [6, 6.07) is 19.9. The normalized spacial score (nSPS) is 13.8. The number of nitrogens with zero attached hydrogens (tertiary/aromatic N) is 6. The van der Waals surface area contributed by atoms with Crippen molar-refractivity contribution in [3.8, 4) is 11.1 Å². The van der Waals surface area contributed by atoms with Crippen LogP contribution in [0.2, 0.25) is 0 Å². The number of carbonyl (C=O) groups excluding carboxylic acids is 1. The van der Waals surface area contributed by atoms with Gasteiger partial charge in [-0.3, -0.25) is 9.79 Å². The van der Waals surface area contributed by atoms with Gasteiger partial charge in [-0.05, 0) is 42.8 Å². The van der Waals surface area contributed by atoms with Crippen molar-refractivity contribution < 1.29 is 9.18 Å². The van der Waals surface area contributed by atoms with Crippen molar-refractivity contribution in [3.05, 3.63) is 103 Å². The van der Waals surface area contributed by atoms with E-state index in [-0.39, 0.29) is 5.91 Å². The van der Waals surface area contributed by atoms with E-state index in [0.717, 1.165) is 54.4 Å². The highest BCUT2D eigenvalue weighted by Gasteiger charge is 2.24. The van der Waals surface area contributed by atoms with Crippen molar-refractivity contribution >= 4 is 28.9 Å². The third kappa shape index (κ3) is 5.78. The number of aromatic nitrogens is 3. The van der Waals surface area contributed by atoms with Gasteiger partial charge in [0.15, 0.2) is 5.82 Å². The highest BCUT2D eigenvalue weighted by molar-refractivity contribution is 6.49. The molecule has 0 bridgehead atoms. The van der Waals surface area contributed by atoms with Crippen molar-refractivity contribution in [2.24, 2.45) is 12.0 Å². The molecule has 1 aliphatic rings. The molecule has 40 heavy (non-hydrogen) atoms. The van der Waals surface area contributed by atoms with Crippen LogP contribution in [0.3, 0.4) is 0 Å². The van der Waals surface area contributed by atoms with Crippen LogP contribution in [-0.4, -0.2) is 58.9 Å². The smallest absolute Gasteiger partial charge is 0.276 e. The Morgan fingerprint density at radius 3 is 2.33 bits per heavy atom. The summed E-state index contributed by atoms with van der Waals surface area (Å²) in [6.07, 6.45) is 4.06. The number of nitrogens with one attached hydrogen (secondary N) is 1. The molecular formula is C31H32FN7O. The first-order valence-corrected chi connectivity index (χ1v) is 13.2. The average molecular weight is 538 g/mol. The molecule has 0 unspecified atom stereocenters. The lowest BCUT2D eigenvalue weighted by Gasteiger charge is -2.36. The first-order chi connectivity index (χ1) is 19.4. The van der Waals surface area contributed by atoms with Crippen LogP contribution in [0.4, 0.5) is 21.7 Å². The SMILES string of the molecule is C=CCN=C(C(=O)Nc1ccc(N2CCN(c3ncc(F)cn3)CC2)cc1)c1c(-c2ccccc2)cc(C)n1C. The number of rotatable bonds is 8. The van der Waals surface area contributed by atoms with Gasteiger partial charge >= 0.3 is 0 Å². The molecule has 1 aliphatic heterocycles. The zero-order valence-electron chi connectivity index (χ0n) is 22.7. The Kier molecular flexibility index (Phi) is 8.00. The van der Waals surface area contributed by atoms with Crippen LogP contribution in [0, 0.1) is 12.7 Å². The summed E-state index contributed by atoms with van der Waals surface area (Å²) in [5.41, 5.74) is 5.88. The third-order valence-electron chi connectivity index (χ3n) is 7.04. The van der Waals surface area contributed by atoms with Crippen molar-refractivity contribution in [3.63, 3.8) is 0 Å². The lowest BCUT2D eigenvalue weighted by Crippen LogP contribution is -2.47. The average Bonchev–Trinajstić information content (AvgIpc) is 3.28.